The van der Waals surface area contributed by atoms with Gasteiger partial charge in [-0.25, -0.2) is 0 Å². The van der Waals surface area contributed by atoms with Crippen LogP contribution in [-0.2, 0) is 0 Å². The lowest BCUT2D eigenvalue weighted by atomic mass is 9.88. The molecule has 2 aromatic carbocycles. The number of ether oxygens (including phenoxy) is 1. The summed E-state index contributed by atoms with van der Waals surface area (Å²) in [7, 11) is 1.69. The Balaban J connectivity index is 1.78. The Morgan fingerprint density at radius 2 is 1.85 bits per heavy atom. The molecule has 1 unspecified atom stereocenters. The SMILES string of the molecule is COc1ccc2cc(C(C)NC3CC(O)C3)ccc2c1. The molecule has 1 atom stereocenters. The zero-order valence-electron chi connectivity index (χ0n) is 12.0. The maximum absolute atomic E-state index is 9.34. The largest absolute Gasteiger partial charge is 0.497 e. The predicted octanol–water partition coefficient (Wildman–Crippen LogP) is 3.02. The van der Waals surface area contributed by atoms with Gasteiger partial charge in [0.1, 0.15) is 5.75 Å². The quantitative estimate of drug-likeness (QED) is 0.898. The second-order valence-electron chi connectivity index (χ2n) is 5.68. The number of benzene rings is 2. The molecule has 0 radical (unpaired) electrons. The van der Waals surface area contributed by atoms with Crippen molar-refractivity contribution in [3.8, 4) is 5.75 Å². The number of aliphatic hydroxyl groups excluding tert-OH is 1. The van der Waals surface area contributed by atoms with E-state index in [1.165, 1.54) is 16.3 Å². The Hall–Kier alpha value is -1.58. The third-order valence-electron chi connectivity index (χ3n) is 4.17. The number of fused-ring (bicyclic) bond motifs is 1. The van der Waals surface area contributed by atoms with Crippen LogP contribution in [0.3, 0.4) is 0 Å². The lowest BCUT2D eigenvalue weighted by molar-refractivity contribution is 0.0586. The van der Waals surface area contributed by atoms with Crippen molar-refractivity contribution in [3.05, 3.63) is 42.0 Å². The van der Waals surface area contributed by atoms with Crippen LogP contribution in [0.2, 0.25) is 0 Å². The van der Waals surface area contributed by atoms with Crippen molar-refractivity contribution in [2.24, 2.45) is 0 Å². The fourth-order valence-corrected chi connectivity index (χ4v) is 2.81. The van der Waals surface area contributed by atoms with Gasteiger partial charge in [-0.1, -0.05) is 18.2 Å². The van der Waals surface area contributed by atoms with Crippen molar-refractivity contribution in [1.82, 2.24) is 5.32 Å². The zero-order valence-corrected chi connectivity index (χ0v) is 12.0. The Kier molecular flexibility index (Phi) is 3.64. The maximum Gasteiger partial charge on any atom is 0.119 e. The summed E-state index contributed by atoms with van der Waals surface area (Å²) in [4.78, 5) is 0. The summed E-state index contributed by atoms with van der Waals surface area (Å²) in [6, 6.07) is 13.4. The summed E-state index contributed by atoms with van der Waals surface area (Å²) >= 11 is 0. The first-order valence-corrected chi connectivity index (χ1v) is 7.17. The second kappa shape index (κ2) is 5.43. The van der Waals surface area contributed by atoms with E-state index in [-0.39, 0.29) is 6.10 Å². The monoisotopic (exact) mass is 271 g/mol. The molecule has 1 fully saturated rings. The molecule has 0 bridgehead atoms. The van der Waals surface area contributed by atoms with Crippen LogP contribution in [0.15, 0.2) is 36.4 Å². The van der Waals surface area contributed by atoms with E-state index in [4.69, 9.17) is 4.74 Å². The molecule has 0 aliphatic heterocycles. The van der Waals surface area contributed by atoms with Crippen molar-refractivity contribution in [2.75, 3.05) is 7.11 Å². The predicted molar refractivity (Wildman–Crippen MR) is 81.1 cm³/mol. The van der Waals surface area contributed by atoms with E-state index < -0.39 is 0 Å². The van der Waals surface area contributed by atoms with Gasteiger partial charge in [-0.2, -0.15) is 0 Å². The molecule has 106 valence electrons. The van der Waals surface area contributed by atoms with E-state index in [1.807, 2.05) is 6.07 Å². The van der Waals surface area contributed by atoms with Crippen molar-refractivity contribution in [3.63, 3.8) is 0 Å². The summed E-state index contributed by atoms with van der Waals surface area (Å²) < 4.78 is 5.25. The Labute approximate surface area is 119 Å². The minimum absolute atomic E-state index is 0.108. The highest BCUT2D eigenvalue weighted by atomic mass is 16.5. The van der Waals surface area contributed by atoms with E-state index in [0.717, 1.165) is 18.6 Å². The molecule has 20 heavy (non-hydrogen) atoms. The molecule has 0 spiro atoms. The lowest BCUT2D eigenvalue weighted by Gasteiger charge is -2.34. The number of hydrogen-bond acceptors (Lipinski definition) is 3. The first-order chi connectivity index (χ1) is 9.65. The molecule has 2 N–H and O–H groups in total. The highest BCUT2D eigenvalue weighted by molar-refractivity contribution is 5.84. The van der Waals surface area contributed by atoms with Gasteiger partial charge in [0.25, 0.3) is 0 Å². The molecule has 0 saturated heterocycles. The minimum atomic E-state index is -0.108. The lowest BCUT2D eigenvalue weighted by Crippen LogP contribution is -2.45. The highest BCUT2D eigenvalue weighted by Crippen LogP contribution is 2.27. The smallest absolute Gasteiger partial charge is 0.119 e. The Morgan fingerprint density at radius 1 is 1.15 bits per heavy atom. The molecular weight excluding hydrogens is 250 g/mol. The third kappa shape index (κ3) is 2.65. The fourth-order valence-electron chi connectivity index (χ4n) is 2.81. The van der Waals surface area contributed by atoms with Crippen molar-refractivity contribution < 1.29 is 9.84 Å². The topological polar surface area (TPSA) is 41.5 Å². The van der Waals surface area contributed by atoms with E-state index in [0.29, 0.717) is 12.1 Å². The molecule has 3 nitrogen and oxygen atoms in total. The molecule has 3 heteroatoms. The van der Waals surface area contributed by atoms with Crippen LogP contribution in [0, 0.1) is 0 Å². The first-order valence-electron chi connectivity index (χ1n) is 7.17. The molecule has 0 heterocycles. The van der Waals surface area contributed by atoms with Crippen LogP contribution in [0.25, 0.3) is 10.8 Å². The number of aliphatic hydroxyl groups is 1. The molecule has 1 aliphatic carbocycles. The van der Waals surface area contributed by atoms with Crippen LogP contribution in [0.1, 0.15) is 31.4 Å². The summed E-state index contributed by atoms with van der Waals surface area (Å²) in [5, 5.41) is 15.3. The normalized spacial score (nSPS) is 23.4. The van der Waals surface area contributed by atoms with Crippen LogP contribution in [-0.4, -0.2) is 24.4 Å². The molecule has 1 saturated carbocycles. The zero-order chi connectivity index (χ0) is 14.1. The number of nitrogens with one attached hydrogen (secondary N) is 1. The van der Waals surface area contributed by atoms with E-state index in [1.54, 1.807) is 7.11 Å². The Bertz CT molecular complexity index is 605. The van der Waals surface area contributed by atoms with Gasteiger partial charge in [0, 0.05) is 12.1 Å². The molecular formula is C17H21NO2. The van der Waals surface area contributed by atoms with Gasteiger partial charge in [-0.05, 0) is 54.3 Å². The average molecular weight is 271 g/mol. The van der Waals surface area contributed by atoms with Crippen LogP contribution in [0.5, 0.6) is 5.75 Å². The van der Waals surface area contributed by atoms with Crippen molar-refractivity contribution in [2.45, 2.75) is 38.0 Å². The van der Waals surface area contributed by atoms with Crippen LogP contribution < -0.4 is 10.1 Å². The van der Waals surface area contributed by atoms with Gasteiger partial charge in [-0.15, -0.1) is 0 Å². The third-order valence-corrected chi connectivity index (χ3v) is 4.17. The summed E-state index contributed by atoms with van der Waals surface area (Å²) in [6.45, 7) is 2.18. The highest BCUT2D eigenvalue weighted by Gasteiger charge is 2.28. The van der Waals surface area contributed by atoms with Gasteiger partial charge >= 0.3 is 0 Å². The van der Waals surface area contributed by atoms with Gasteiger partial charge in [0.15, 0.2) is 0 Å². The molecule has 1 aliphatic rings. The standard InChI is InChI=1S/C17H21NO2/c1-11(18-15-9-16(19)10-15)12-3-4-14-8-17(20-2)6-5-13(14)7-12/h3-8,11,15-16,18-19H,9-10H2,1-2H3. The van der Waals surface area contributed by atoms with Gasteiger partial charge in [0.2, 0.25) is 0 Å². The van der Waals surface area contributed by atoms with E-state index in [9.17, 15) is 5.11 Å². The molecule has 0 amide bonds. The second-order valence-corrected chi connectivity index (χ2v) is 5.68. The maximum atomic E-state index is 9.34. The fraction of sp³-hybridized carbons (Fsp3) is 0.412. The van der Waals surface area contributed by atoms with Crippen LogP contribution >= 0.6 is 0 Å². The van der Waals surface area contributed by atoms with Crippen molar-refractivity contribution in [1.29, 1.82) is 0 Å². The first kappa shape index (κ1) is 13.4. The minimum Gasteiger partial charge on any atom is -0.497 e. The summed E-state index contributed by atoms with van der Waals surface area (Å²) in [5.74, 6) is 0.889. The van der Waals surface area contributed by atoms with E-state index >= 15 is 0 Å². The van der Waals surface area contributed by atoms with Crippen LogP contribution in [0.4, 0.5) is 0 Å². The molecule has 2 aromatic rings. The average Bonchev–Trinajstić information content (AvgIpc) is 2.44. The van der Waals surface area contributed by atoms with Gasteiger partial charge in [0.05, 0.1) is 13.2 Å². The van der Waals surface area contributed by atoms with E-state index in [2.05, 4.69) is 42.6 Å². The van der Waals surface area contributed by atoms with Gasteiger partial charge < -0.3 is 15.2 Å². The number of methoxy groups -OCH3 is 1. The number of rotatable bonds is 4. The van der Waals surface area contributed by atoms with Gasteiger partial charge in [-0.3, -0.25) is 0 Å². The molecule has 0 aromatic heterocycles. The summed E-state index contributed by atoms with van der Waals surface area (Å²) in [6.07, 6.45) is 1.63. The molecule has 3 rings (SSSR count). The number of hydrogen-bond donors (Lipinski definition) is 2. The van der Waals surface area contributed by atoms with Crippen molar-refractivity contribution >= 4 is 10.8 Å². The Morgan fingerprint density at radius 3 is 2.55 bits per heavy atom. The summed E-state index contributed by atoms with van der Waals surface area (Å²) in [5.41, 5.74) is 1.28.